The number of rotatable bonds is 9. The van der Waals surface area contributed by atoms with E-state index in [2.05, 4.69) is 15.2 Å². The van der Waals surface area contributed by atoms with Crippen LogP contribution in [0.5, 0.6) is 0 Å². The largest absolute Gasteiger partial charge is 0.399 e. The molecule has 11 nitrogen and oxygen atoms in total. The normalized spacial score (nSPS) is 15.6. The smallest absolute Gasteiger partial charge is 0.323 e. The summed E-state index contributed by atoms with van der Waals surface area (Å²) in [5.41, 5.74) is -0.242. The van der Waals surface area contributed by atoms with Gasteiger partial charge in [0, 0.05) is 31.8 Å². The molecule has 1 saturated carbocycles. The van der Waals surface area contributed by atoms with E-state index >= 15 is 0 Å². The highest BCUT2D eigenvalue weighted by molar-refractivity contribution is 7.89. The minimum absolute atomic E-state index is 0.101. The van der Waals surface area contributed by atoms with Crippen LogP contribution >= 0.6 is 0 Å². The molecule has 170 valence electrons. The molecule has 0 unspecified atom stereocenters. The van der Waals surface area contributed by atoms with E-state index in [-0.39, 0.29) is 11.3 Å². The monoisotopic (exact) mass is 478 g/mol. The maximum atomic E-state index is 14.3. The Labute approximate surface area is 178 Å². The van der Waals surface area contributed by atoms with Crippen LogP contribution in [0.1, 0.15) is 18.4 Å². The van der Waals surface area contributed by atoms with Gasteiger partial charge in [0.05, 0.1) is 6.54 Å². The number of aromatic nitrogens is 3. The Hall–Kier alpha value is -2.49. The SMILES string of the molecule is CO/N=C(\CN(C1CC1)S(=O)(=O)c1ncn(S(=O)(=O)N(C)C)n1)c1ccc(F)cc1F. The molecule has 1 aromatic heterocycles. The minimum Gasteiger partial charge on any atom is -0.399 e. The third-order valence-corrected chi connectivity index (χ3v) is 7.66. The summed E-state index contributed by atoms with van der Waals surface area (Å²) in [6, 6.07) is 2.34. The number of oxime groups is 1. The second kappa shape index (κ2) is 8.57. The topological polar surface area (TPSA) is 127 Å². The Morgan fingerprint density at radius 2 is 1.94 bits per heavy atom. The Morgan fingerprint density at radius 1 is 1.26 bits per heavy atom. The summed E-state index contributed by atoms with van der Waals surface area (Å²) in [5.74, 6) is -1.75. The lowest BCUT2D eigenvalue weighted by atomic mass is 10.1. The number of benzene rings is 1. The van der Waals surface area contributed by atoms with Gasteiger partial charge in [-0.05, 0) is 25.0 Å². The van der Waals surface area contributed by atoms with E-state index in [9.17, 15) is 25.6 Å². The van der Waals surface area contributed by atoms with Gasteiger partial charge in [0.15, 0.2) is 0 Å². The Kier molecular flexibility index (Phi) is 6.40. The molecule has 1 aliphatic carbocycles. The molecule has 0 saturated heterocycles. The molecule has 2 aromatic rings. The molecule has 0 aliphatic heterocycles. The van der Waals surface area contributed by atoms with Crippen LogP contribution in [0.25, 0.3) is 0 Å². The van der Waals surface area contributed by atoms with Crippen LogP contribution in [0.3, 0.4) is 0 Å². The lowest BCUT2D eigenvalue weighted by Gasteiger charge is -2.21. The van der Waals surface area contributed by atoms with Crippen molar-refractivity contribution in [2.75, 3.05) is 27.7 Å². The van der Waals surface area contributed by atoms with E-state index in [1.807, 2.05) is 0 Å². The zero-order chi connectivity index (χ0) is 23.0. The predicted octanol–water partition coefficient (Wildman–Crippen LogP) is 0.415. The fourth-order valence-electron chi connectivity index (χ4n) is 2.65. The summed E-state index contributed by atoms with van der Waals surface area (Å²) in [6.07, 6.45) is 1.83. The van der Waals surface area contributed by atoms with Crippen molar-refractivity contribution in [1.82, 2.24) is 22.8 Å². The summed E-state index contributed by atoms with van der Waals surface area (Å²) in [7, 11) is -4.72. The first-order chi connectivity index (χ1) is 14.5. The standard InChI is InChI=1S/C16H20F2N6O5S2/c1-22(2)31(27,28)24-10-19-16(20-24)30(25,26)23(12-5-6-12)9-15(21-29-3)13-7-4-11(17)8-14(13)18/h4,7-8,10,12H,5-6,9H2,1-3H3/b21-15+. The maximum absolute atomic E-state index is 14.3. The van der Waals surface area contributed by atoms with Crippen molar-refractivity contribution in [2.45, 2.75) is 24.0 Å². The molecule has 0 N–H and O–H groups in total. The van der Waals surface area contributed by atoms with Crippen LogP contribution in [-0.2, 0) is 25.1 Å². The summed E-state index contributed by atoms with van der Waals surface area (Å²) in [4.78, 5) is 8.37. The molecule has 0 spiro atoms. The van der Waals surface area contributed by atoms with E-state index < -0.39 is 49.6 Å². The molecule has 3 rings (SSSR count). The second-order valence-corrected chi connectivity index (χ2v) is 10.6. The van der Waals surface area contributed by atoms with E-state index in [0.29, 0.717) is 23.0 Å². The first-order valence-electron chi connectivity index (χ1n) is 8.90. The molecular formula is C16H20F2N6O5S2. The van der Waals surface area contributed by atoms with Crippen molar-refractivity contribution in [2.24, 2.45) is 5.16 Å². The Bertz CT molecular complexity index is 1210. The molecule has 1 aliphatic rings. The third-order valence-electron chi connectivity index (χ3n) is 4.39. The Balaban J connectivity index is 1.98. The summed E-state index contributed by atoms with van der Waals surface area (Å²) >= 11 is 0. The van der Waals surface area contributed by atoms with Crippen LogP contribution in [0.2, 0.25) is 0 Å². The van der Waals surface area contributed by atoms with Gasteiger partial charge in [0.2, 0.25) is 0 Å². The zero-order valence-electron chi connectivity index (χ0n) is 16.8. The van der Waals surface area contributed by atoms with E-state index in [0.717, 1.165) is 27.1 Å². The summed E-state index contributed by atoms with van der Waals surface area (Å²) < 4.78 is 80.5. The van der Waals surface area contributed by atoms with Gasteiger partial charge in [-0.3, -0.25) is 0 Å². The van der Waals surface area contributed by atoms with Crippen molar-refractivity contribution in [1.29, 1.82) is 0 Å². The first-order valence-corrected chi connectivity index (χ1v) is 11.7. The quantitative estimate of drug-likeness (QED) is 0.377. The number of halogens is 2. The van der Waals surface area contributed by atoms with Crippen LogP contribution in [0.4, 0.5) is 8.78 Å². The first kappa shape index (κ1) is 23.2. The molecule has 1 fully saturated rings. The molecule has 31 heavy (non-hydrogen) atoms. The summed E-state index contributed by atoms with van der Waals surface area (Å²) in [6.45, 7) is -0.418. The number of nitrogens with zero attached hydrogens (tertiary/aromatic N) is 6. The number of hydrogen-bond acceptors (Lipinski definition) is 8. The molecule has 1 aromatic carbocycles. The highest BCUT2D eigenvalue weighted by Crippen LogP contribution is 2.31. The second-order valence-electron chi connectivity index (χ2n) is 6.82. The fraction of sp³-hybridized carbons (Fsp3) is 0.438. The molecule has 0 bridgehead atoms. The van der Waals surface area contributed by atoms with Crippen LogP contribution in [0, 0.1) is 11.6 Å². The molecule has 0 atom stereocenters. The fourth-order valence-corrected chi connectivity index (χ4v) is 4.86. The molecular weight excluding hydrogens is 458 g/mol. The lowest BCUT2D eigenvalue weighted by molar-refractivity contribution is 0.212. The number of hydrogen-bond donors (Lipinski definition) is 0. The highest BCUT2D eigenvalue weighted by atomic mass is 32.2. The van der Waals surface area contributed by atoms with E-state index in [1.165, 1.54) is 21.2 Å². The predicted molar refractivity (Wildman–Crippen MR) is 105 cm³/mol. The van der Waals surface area contributed by atoms with Gasteiger partial charge < -0.3 is 4.84 Å². The van der Waals surface area contributed by atoms with Gasteiger partial charge >= 0.3 is 10.2 Å². The van der Waals surface area contributed by atoms with Gasteiger partial charge in [-0.2, -0.15) is 17.0 Å². The van der Waals surface area contributed by atoms with Gasteiger partial charge in [-0.25, -0.2) is 22.2 Å². The highest BCUT2D eigenvalue weighted by Gasteiger charge is 2.41. The molecule has 15 heteroatoms. The van der Waals surface area contributed by atoms with Gasteiger partial charge in [0.25, 0.3) is 15.2 Å². The van der Waals surface area contributed by atoms with Gasteiger partial charge in [-0.15, -0.1) is 9.19 Å². The van der Waals surface area contributed by atoms with Crippen LogP contribution in [0.15, 0.2) is 34.8 Å². The number of sulfonamides is 1. The van der Waals surface area contributed by atoms with Crippen molar-refractivity contribution in [3.05, 3.63) is 41.7 Å². The summed E-state index contributed by atoms with van der Waals surface area (Å²) in [5, 5.41) is 6.59. The van der Waals surface area contributed by atoms with E-state index in [1.54, 1.807) is 0 Å². The van der Waals surface area contributed by atoms with Gasteiger partial charge in [0.1, 0.15) is 30.8 Å². The minimum atomic E-state index is -4.37. The maximum Gasteiger partial charge on any atom is 0.323 e. The van der Waals surface area contributed by atoms with Gasteiger partial charge in [-0.1, -0.05) is 5.16 Å². The van der Waals surface area contributed by atoms with Crippen molar-refractivity contribution < 1.29 is 30.5 Å². The molecule has 0 amide bonds. The van der Waals surface area contributed by atoms with Crippen molar-refractivity contribution >= 4 is 25.9 Å². The van der Waals surface area contributed by atoms with Crippen molar-refractivity contribution in [3.8, 4) is 0 Å². The van der Waals surface area contributed by atoms with Crippen LogP contribution in [-0.4, -0.2) is 79.1 Å². The van der Waals surface area contributed by atoms with Crippen molar-refractivity contribution in [3.63, 3.8) is 0 Å². The lowest BCUT2D eigenvalue weighted by Crippen LogP contribution is -2.39. The van der Waals surface area contributed by atoms with Crippen LogP contribution < -0.4 is 0 Å². The zero-order valence-corrected chi connectivity index (χ0v) is 18.4. The molecule has 0 radical (unpaired) electrons. The molecule has 1 heterocycles. The average Bonchev–Trinajstić information content (AvgIpc) is 3.38. The van der Waals surface area contributed by atoms with E-state index in [4.69, 9.17) is 4.84 Å². The average molecular weight is 479 g/mol. The Morgan fingerprint density at radius 3 is 2.48 bits per heavy atom. The third kappa shape index (κ3) is 4.73.